The number of anilines is 1. The predicted octanol–water partition coefficient (Wildman–Crippen LogP) is 3.99. The monoisotopic (exact) mass is 391 g/mol. The van der Waals surface area contributed by atoms with Gasteiger partial charge in [0.05, 0.1) is 16.8 Å². The van der Waals surface area contributed by atoms with Crippen LogP contribution in [-0.2, 0) is 6.18 Å². The zero-order valence-corrected chi connectivity index (χ0v) is 15.1. The molecule has 1 heterocycles. The van der Waals surface area contributed by atoms with E-state index in [-0.39, 0.29) is 17.0 Å². The summed E-state index contributed by atoms with van der Waals surface area (Å²) < 4.78 is 52.2. The van der Waals surface area contributed by atoms with E-state index in [0.29, 0.717) is 37.4 Å². The van der Waals surface area contributed by atoms with Crippen molar-refractivity contribution in [2.45, 2.75) is 13.1 Å². The molecule has 0 saturated carbocycles. The summed E-state index contributed by atoms with van der Waals surface area (Å²) in [4.78, 5) is 15.9. The molecule has 0 spiro atoms. The Morgan fingerprint density at radius 3 is 2.32 bits per heavy atom. The lowest BCUT2D eigenvalue weighted by Crippen LogP contribution is -2.49. The van der Waals surface area contributed by atoms with Gasteiger partial charge in [0.1, 0.15) is 11.9 Å². The molecule has 0 aliphatic carbocycles. The van der Waals surface area contributed by atoms with Crippen LogP contribution < -0.4 is 4.90 Å². The average Bonchev–Trinajstić information content (AvgIpc) is 2.68. The first-order valence-corrected chi connectivity index (χ1v) is 8.62. The van der Waals surface area contributed by atoms with Crippen LogP contribution in [-0.4, -0.2) is 37.0 Å². The molecule has 146 valence electrons. The minimum atomic E-state index is -4.52. The van der Waals surface area contributed by atoms with Gasteiger partial charge in [-0.25, -0.2) is 4.39 Å². The van der Waals surface area contributed by atoms with Crippen molar-refractivity contribution in [3.05, 3.63) is 64.5 Å². The molecule has 0 N–H and O–H groups in total. The predicted molar refractivity (Wildman–Crippen MR) is 95.4 cm³/mol. The topological polar surface area (TPSA) is 47.3 Å². The summed E-state index contributed by atoms with van der Waals surface area (Å²) in [7, 11) is 0. The Morgan fingerprint density at radius 1 is 1.07 bits per heavy atom. The van der Waals surface area contributed by atoms with Crippen LogP contribution in [0, 0.1) is 24.1 Å². The number of rotatable bonds is 2. The van der Waals surface area contributed by atoms with Crippen LogP contribution in [0.3, 0.4) is 0 Å². The Bertz CT molecular complexity index is 941. The van der Waals surface area contributed by atoms with Crippen LogP contribution >= 0.6 is 0 Å². The van der Waals surface area contributed by atoms with Crippen molar-refractivity contribution in [1.29, 1.82) is 5.26 Å². The summed E-state index contributed by atoms with van der Waals surface area (Å²) in [5.74, 6) is -0.751. The van der Waals surface area contributed by atoms with Crippen LogP contribution in [0.5, 0.6) is 0 Å². The van der Waals surface area contributed by atoms with E-state index < -0.39 is 17.6 Å². The Labute approximate surface area is 159 Å². The molecule has 1 fully saturated rings. The Hall–Kier alpha value is -3.08. The molecule has 1 aliphatic heterocycles. The van der Waals surface area contributed by atoms with Crippen LogP contribution in [0.4, 0.5) is 23.2 Å². The first-order chi connectivity index (χ1) is 13.2. The summed E-state index contributed by atoms with van der Waals surface area (Å²) >= 11 is 0. The number of carbonyl (C=O) groups is 1. The molecule has 0 atom stereocenters. The van der Waals surface area contributed by atoms with Gasteiger partial charge in [0.15, 0.2) is 0 Å². The number of alkyl halides is 3. The van der Waals surface area contributed by atoms with Gasteiger partial charge in [-0.15, -0.1) is 0 Å². The molecule has 1 aliphatic rings. The van der Waals surface area contributed by atoms with E-state index in [2.05, 4.69) is 0 Å². The molecule has 8 heteroatoms. The SMILES string of the molecule is Cc1ccc(C(=O)N2CCN(c3ccc(C(F)(F)F)cc3C#N)CC2)cc1F. The number of halogens is 4. The van der Waals surface area contributed by atoms with E-state index in [1.807, 2.05) is 6.07 Å². The van der Waals surface area contributed by atoms with Crippen molar-refractivity contribution in [2.75, 3.05) is 31.1 Å². The third-order valence-corrected chi connectivity index (χ3v) is 4.77. The van der Waals surface area contributed by atoms with Gasteiger partial charge in [0.2, 0.25) is 0 Å². The number of hydrogen-bond acceptors (Lipinski definition) is 3. The minimum Gasteiger partial charge on any atom is -0.367 e. The third kappa shape index (κ3) is 3.93. The van der Waals surface area contributed by atoms with Crippen LogP contribution in [0.1, 0.15) is 27.0 Å². The fraction of sp³-hybridized carbons (Fsp3) is 0.300. The van der Waals surface area contributed by atoms with E-state index in [9.17, 15) is 27.6 Å². The highest BCUT2D eigenvalue weighted by molar-refractivity contribution is 5.94. The highest BCUT2D eigenvalue weighted by Gasteiger charge is 2.32. The normalized spacial score (nSPS) is 14.7. The van der Waals surface area contributed by atoms with E-state index in [1.54, 1.807) is 28.9 Å². The molecule has 3 rings (SSSR count). The van der Waals surface area contributed by atoms with E-state index >= 15 is 0 Å². The number of hydrogen-bond donors (Lipinski definition) is 0. The zero-order valence-electron chi connectivity index (χ0n) is 15.1. The summed E-state index contributed by atoms with van der Waals surface area (Å²) in [6.45, 7) is 2.97. The maximum Gasteiger partial charge on any atom is 0.416 e. The van der Waals surface area contributed by atoms with E-state index in [0.717, 1.165) is 12.1 Å². The number of nitriles is 1. The minimum absolute atomic E-state index is 0.0600. The average molecular weight is 391 g/mol. The highest BCUT2D eigenvalue weighted by Crippen LogP contribution is 2.33. The lowest BCUT2D eigenvalue weighted by Gasteiger charge is -2.36. The summed E-state index contributed by atoms with van der Waals surface area (Å²) in [6.07, 6.45) is -4.52. The number of aryl methyl sites for hydroxylation is 1. The van der Waals surface area contributed by atoms with Gasteiger partial charge < -0.3 is 9.80 Å². The molecular formula is C20H17F4N3O. The van der Waals surface area contributed by atoms with Gasteiger partial charge in [-0.1, -0.05) is 6.07 Å². The molecule has 0 aromatic heterocycles. The van der Waals surface area contributed by atoms with Gasteiger partial charge in [-0.3, -0.25) is 4.79 Å². The lowest BCUT2D eigenvalue weighted by atomic mass is 10.1. The smallest absolute Gasteiger partial charge is 0.367 e. The maximum atomic E-state index is 13.7. The van der Waals surface area contributed by atoms with E-state index in [1.165, 1.54) is 12.1 Å². The Kier molecular flexibility index (Phi) is 5.27. The quantitative estimate of drug-likeness (QED) is 0.728. The second-order valence-corrected chi connectivity index (χ2v) is 6.58. The first-order valence-electron chi connectivity index (χ1n) is 8.62. The van der Waals surface area contributed by atoms with E-state index in [4.69, 9.17) is 0 Å². The molecule has 0 unspecified atom stereocenters. The molecular weight excluding hydrogens is 374 g/mol. The molecule has 4 nitrogen and oxygen atoms in total. The largest absolute Gasteiger partial charge is 0.416 e. The summed E-state index contributed by atoms with van der Waals surface area (Å²) in [5.41, 5.74) is 0.179. The number of benzene rings is 2. The molecule has 2 aromatic carbocycles. The highest BCUT2D eigenvalue weighted by atomic mass is 19.4. The molecule has 1 amide bonds. The van der Waals surface area contributed by atoms with Gasteiger partial charge in [-0.05, 0) is 42.8 Å². The fourth-order valence-corrected chi connectivity index (χ4v) is 3.14. The van der Waals surface area contributed by atoms with Gasteiger partial charge in [0, 0.05) is 31.7 Å². The standard InChI is InChI=1S/C20H17F4N3O/c1-13-2-3-14(11-17(13)21)19(28)27-8-6-26(7-9-27)18-5-4-16(20(22,23)24)10-15(18)12-25/h2-5,10-11H,6-9H2,1H3. The molecule has 2 aromatic rings. The van der Waals surface area contributed by atoms with Crippen molar-refractivity contribution in [3.63, 3.8) is 0 Å². The van der Waals surface area contributed by atoms with Crippen molar-refractivity contribution >= 4 is 11.6 Å². The van der Waals surface area contributed by atoms with Crippen LogP contribution in [0.25, 0.3) is 0 Å². The van der Waals surface area contributed by atoms with Crippen molar-refractivity contribution < 1.29 is 22.4 Å². The first kappa shape index (κ1) is 19.7. The number of amides is 1. The maximum absolute atomic E-state index is 13.7. The third-order valence-electron chi connectivity index (χ3n) is 4.77. The second-order valence-electron chi connectivity index (χ2n) is 6.58. The second kappa shape index (κ2) is 7.50. The molecule has 1 saturated heterocycles. The van der Waals surface area contributed by atoms with Gasteiger partial charge in [0.25, 0.3) is 5.91 Å². The van der Waals surface area contributed by atoms with Gasteiger partial charge in [-0.2, -0.15) is 18.4 Å². The molecule has 28 heavy (non-hydrogen) atoms. The lowest BCUT2D eigenvalue weighted by molar-refractivity contribution is -0.137. The van der Waals surface area contributed by atoms with Crippen molar-refractivity contribution in [1.82, 2.24) is 4.90 Å². The van der Waals surface area contributed by atoms with Crippen LogP contribution in [0.15, 0.2) is 36.4 Å². The Balaban J connectivity index is 1.72. The number of nitrogens with zero attached hydrogens (tertiary/aromatic N) is 3. The number of carbonyl (C=O) groups excluding carboxylic acids is 1. The van der Waals surface area contributed by atoms with Crippen molar-refractivity contribution in [3.8, 4) is 6.07 Å². The van der Waals surface area contributed by atoms with Gasteiger partial charge >= 0.3 is 6.18 Å². The summed E-state index contributed by atoms with van der Waals surface area (Å²) in [6, 6.07) is 9.19. The van der Waals surface area contributed by atoms with Crippen molar-refractivity contribution in [2.24, 2.45) is 0 Å². The number of piperazine rings is 1. The summed E-state index contributed by atoms with van der Waals surface area (Å²) in [5, 5.41) is 9.23. The molecule has 0 bridgehead atoms. The fourth-order valence-electron chi connectivity index (χ4n) is 3.14. The van der Waals surface area contributed by atoms with Crippen LogP contribution in [0.2, 0.25) is 0 Å². The Morgan fingerprint density at radius 2 is 1.75 bits per heavy atom. The molecule has 0 radical (unpaired) electrons. The zero-order chi connectivity index (χ0) is 20.5.